The van der Waals surface area contributed by atoms with Crippen LogP contribution in [0.2, 0.25) is 15.1 Å². The molecule has 0 fully saturated rings. The van der Waals surface area contributed by atoms with Gasteiger partial charge in [-0.25, -0.2) is 10.1 Å². The fourth-order valence-electron chi connectivity index (χ4n) is 2.52. The van der Waals surface area contributed by atoms with Gasteiger partial charge in [-0.2, -0.15) is 9.78 Å². The first-order valence-electron chi connectivity index (χ1n) is 8.24. The number of nitrogen functional groups attached to an aromatic ring is 1. The van der Waals surface area contributed by atoms with Gasteiger partial charge in [-0.3, -0.25) is 4.79 Å². The standard InChI is InChI=1S/C16H15Cl3N8O2/c1-6(2)13-12(22-26-27(13)15-14(20)24-29-25-15)16(28)23-21-7(3)8-4-5-9(17)11(19)10(8)18/h4-6H,1-3H3,(H2,20,24)(H,23,28). The number of benzene rings is 1. The molecule has 10 nitrogen and oxygen atoms in total. The van der Waals surface area contributed by atoms with Gasteiger partial charge in [0, 0.05) is 5.56 Å². The highest BCUT2D eigenvalue weighted by atomic mass is 35.5. The van der Waals surface area contributed by atoms with Crippen molar-refractivity contribution in [1.82, 2.24) is 30.7 Å². The summed E-state index contributed by atoms with van der Waals surface area (Å²) in [6, 6.07) is 3.24. The zero-order valence-electron chi connectivity index (χ0n) is 15.4. The highest BCUT2D eigenvalue weighted by molar-refractivity contribution is 6.49. The zero-order valence-corrected chi connectivity index (χ0v) is 17.7. The molecule has 0 aliphatic carbocycles. The predicted octanol–water partition coefficient (Wildman–Crippen LogP) is 3.47. The number of carbonyl (C=O) groups is 1. The Labute approximate surface area is 179 Å². The number of halogens is 3. The lowest BCUT2D eigenvalue weighted by Crippen LogP contribution is -2.22. The van der Waals surface area contributed by atoms with Crippen molar-refractivity contribution in [1.29, 1.82) is 0 Å². The first-order valence-corrected chi connectivity index (χ1v) is 9.38. The van der Waals surface area contributed by atoms with Crippen LogP contribution in [0.1, 0.15) is 48.4 Å². The van der Waals surface area contributed by atoms with E-state index in [1.807, 2.05) is 13.8 Å². The maximum absolute atomic E-state index is 12.7. The molecule has 1 amide bonds. The number of nitrogens with zero attached hydrogens (tertiary/aromatic N) is 6. The van der Waals surface area contributed by atoms with Gasteiger partial charge >= 0.3 is 0 Å². The second-order valence-corrected chi connectivity index (χ2v) is 7.39. The summed E-state index contributed by atoms with van der Waals surface area (Å²) in [5, 5.41) is 19.9. The summed E-state index contributed by atoms with van der Waals surface area (Å²) in [6.07, 6.45) is 0. The number of amides is 1. The maximum atomic E-state index is 12.7. The van der Waals surface area contributed by atoms with E-state index in [1.165, 1.54) is 4.68 Å². The number of carbonyl (C=O) groups excluding carboxylic acids is 1. The van der Waals surface area contributed by atoms with Crippen LogP contribution in [0.4, 0.5) is 5.82 Å². The SMILES string of the molecule is CC(=NNC(=O)c1nnn(-c2nonc2N)c1C(C)C)c1ccc(Cl)c(Cl)c1Cl. The number of nitrogens with one attached hydrogen (secondary N) is 1. The van der Waals surface area contributed by atoms with E-state index in [4.69, 9.17) is 40.5 Å². The van der Waals surface area contributed by atoms with Gasteiger partial charge in [0.15, 0.2) is 5.69 Å². The number of aromatic nitrogens is 5. The van der Waals surface area contributed by atoms with Gasteiger partial charge < -0.3 is 5.73 Å². The number of hydrogen-bond acceptors (Lipinski definition) is 8. The van der Waals surface area contributed by atoms with Crippen LogP contribution in [0.25, 0.3) is 5.82 Å². The monoisotopic (exact) mass is 456 g/mol. The smallest absolute Gasteiger partial charge is 0.293 e. The Morgan fingerprint density at radius 3 is 2.59 bits per heavy atom. The summed E-state index contributed by atoms with van der Waals surface area (Å²) >= 11 is 18.2. The molecule has 0 bridgehead atoms. The molecule has 3 N–H and O–H groups in total. The van der Waals surface area contributed by atoms with Crippen LogP contribution >= 0.6 is 34.8 Å². The Hall–Kier alpha value is -2.69. The van der Waals surface area contributed by atoms with Gasteiger partial charge in [-0.05, 0) is 29.2 Å². The normalized spacial score (nSPS) is 11.9. The fraction of sp³-hybridized carbons (Fsp3) is 0.250. The molecule has 0 aliphatic rings. The highest BCUT2D eigenvalue weighted by Crippen LogP contribution is 2.33. The minimum atomic E-state index is -0.578. The van der Waals surface area contributed by atoms with Gasteiger partial charge in [0.05, 0.1) is 26.5 Å². The van der Waals surface area contributed by atoms with E-state index in [-0.39, 0.29) is 33.3 Å². The zero-order chi connectivity index (χ0) is 21.3. The van der Waals surface area contributed by atoms with Crippen molar-refractivity contribution >= 4 is 52.2 Å². The van der Waals surface area contributed by atoms with E-state index in [0.29, 0.717) is 22.0 Å². The average molecular weight is 458 g/mol. The third-order valence-corrected chi connectivity index (χ3v) is 5.21. The first kappa shape index (κ1) is 21.0. The summed E-state index contributed by atoms with van der Waals surface area (Å²) in [5.41, 5.74) is 9.61. The molecule has 3 aromatic rings. The Morgan fingerprint density at radius 1 is 1.24 bits per heavy atom. The Balaban J connectivity index is 1.90. The van der Waals surface area contributed by atoms with Gasteiger partial charge in [-0.15, -0.1) is 5.10 Å². The van der Waals surface area contributed by atoms with Gasteiger partial charge in [0.25, 0.3) is 5.91 Å². The topological polar surface area (TPSA) is 137 Å². The van der Waals surface area contributed by atoms with E-state index in [9.17, 15) is 4.79 Å². The van der Waals surface area contributed by atoms with Crippen molar-refractivity contribution in [3.8, 4) is 5.82 Å². The lowest BCUT2D eigenvalue weighted by atomic mass is 10.1. The summed E-state index contributed by atoms with van der Waals surface area (Å²) in [7, 11) is 0. The average Bonchev–Trinajstić information content (AvgIpc) is 3.29. The van der Waals surface area contributed by atoms with Crippen LogP contribution < -0.4 is 11.2 Å². The van der Waals surface area contributed by atoms with Crippen molar-refractivity contribution in [2.24, 2.45) is 5.10 Å². The van der Waals surface area contributed by atoms with Crippen molar-refractivity contribution < 1.29 is 9.42 Å². The van der Waals surface area contributed by atoms with E-state index in [0.717, 1.165) is 0 Å². The minimum Gasteiger partial charge on any atom is -0.378 e. The van der Waals surface area contributed by atoms with Crippen LogP contribution in [0.3, 0.4) is 0 Å². The fourth-order valence-corrected chi connectivity index (χ4v) is 3.19. The van der Waals surface area contributed by atoms with E-state index in [1.54, 1.807) is 19.1 Å². The second kappa shape index (κ2) is 8.36. The number of hydrogen-bond donors (Lipinski definition) is 2. The Bertz CT molecular complexity index is 1110. The molecular formula is C16H15Cl3N8O2. The lowest BCUT2D eigenvalue weighted by Gasteiger charge is -2.09. The molecule has 0 spiro atoms. The molecular weight excluding hydrogens is 443 g/mol. The minimum absolute atomic E-state index is 0.0203. The second-order valence-electron chi connectivity index (χ2n) is 6.22. The van der Waals surface area contributed by atoms with Crippen LogP contribution in [-0.4, -0.2) is 36.9 Å². The third kappa shape index (κ3) is 4.04. The molecule has 0 saturated carbocycles. The highest BCUT2D eigenvalue weighted by Gasteiger charge is 2.25. The molecule has 2 heterocycles. The molecule has 29 heavy (non-hydrogen) atoms. The summed E-state index contributed by atoms with van der Waals surface area (Å²) < 4.78 is 5.90. The quantitative estimate of drug-likeness (QED) is 0.340. The number of rotatable bonds is 5. The van der Waals surface area contributed by atoms with E-state index < -0.39 is 5.91 Å². The lowest BCUT2D eigenvalue weighted by molar-refractivity contribution is 0.0948. The van der Waals surface area contributed by atoms with Crippen LogP contribution in [0.15, 0.2) is 21.9 Å². The van der Waals surface area contributed by atoms with Crippen molar-refractivity contribution in [3.05, 3.63) is 44.2 Å². The van der Waals surface area contributed by atoms with Crippen LogP contribution in [0, 0.1) is 0 Å². The molecule has 0 atom stereocenters. The molecule has 0 unspecified atom stereocenters. The van der Waals surface area contributed by atoms with Crippen LogP contribution in [-0.2, 0) is 0 Å². The Kier molecular flexibility index (Phi) is 6.06. The summed E-state index contributed by atoms with van der Waals surface area (Å²) in [6.45, 7) is 5.38. The van der Waals surface area contributed by atoms with Gasteiger partial charge in [0.1, 0.15) is 0 Å². The Morgan fingerprint density at radius 2 is 1.97 bits per heavy atom. The number of anilines is 1. The predicted molar refractivity (Wildman–Crippen MR) is 109 cm³/mol. The summed E-state index contributed by atoms with van der Waals surface area (Å²) in [5.74, 6) is -0.559. The van der Waals surface area contributed by atoms with Crippen LogP contribution in [0.5, 0.6) is 0 Å². The van der Waals surface area contributed by atoms with Crippen molar-refractivity contribution in [2.45, 2.75) is 26.7 Å². The van der Waals surface area contributed by atoms with Gasteiger partial charge in [0.2, 0.25) is 11.6 Å². The molecule has 0 saturated heterocycles. The molecule has 2 aromatic heterocycles. The van der Waals surface area contributed by atoms with E-state index in [2.05, 4.69) is 35.8 Å². The van der Waals surface area contributed by atoms with E-state index >= 15 is 0 Å². The summed E-state index contributed by atoms with van der Waals surface area (Å²) in [4.78, 5) is 12.7. The molecule has 1 aromatic carbocycles. The van der Waals surface area contributed by atoms with Gasteiger partial charge in [-0.1, -0.05) is 59.9 Å². The molecule has 152 valence electrons. The third-order valence-electron chi connectivity index (χ3n) is 3.91. The maximum Gasteiger partial charge on any atom is 0.293 e. The number of hydrazone groups is 1. The number of nitrogens with two attached hydrogens (primary N) is 1. The van der Waals surface area contributed by atoms with Crippen molar-refractivity contribution in [2.75, 3.05) is 5.73 Å². The van der Waals surface area contributed by atoms with Crippen molar-refractivity contribution in [3.63, 3.8) is 0 Å². The molecule has 3 rings (SSSR count). The molecule has 0 radical (unpaired) electrons. The largest absolute Gasteiger partial charge is 0.378 e. The molecule has 13 heteroatoms. The first-order chi connectivity index (χ1) is 13.7. The molecule has 0 aliphatic heterocycles.